The molecule has 26 nitrogen and oxygen atoms in total. The fourth-order valence-electron chi connectivity index (χ4n) is 12.1. The number of carbonyl (C=O) groups excluding carboxylic acids is 3. The van der Waals surface area contributed by atoms with E-state index in [1.165, 1.54) is 24.4 Å². The van der Waals surface area contributed by atoms with E-state index in [4.69, 9.17) is 9.47 Å². The Hall–Kier alpha value is -3.26. The summed E-state index contributed by atoms with van der Waals surface area (Å²) in [6.45, 7) is -0.558. The van der Waals surface area contributed by atoms with Crippen LogP contribution in [0.15, 0.2) is 33.5 Å². The zero-order valence-corrected chi connectivity index (χ0v) is 41.2. The lowest BCUT2D eigenvalue weighted by atomic mass is 9.48. The molecule has 1 aromatic rings. The first kappa shape index (κ1) is 55.5. The summed E-state index contributed by atoms with van der Waals surface area (Å²) in [4.78, 5) is 109. The molecule has 1 aliphatic heterocycles. The molecule has 3 unspecified atom stereocenters. The molecule has 0 radical (unpaired) electrons. The molecule has 0 saturated heterocycles. The molecule has 2 amide bonds. The Bertz CT molecular complexity index is 2500. The number of esters is 1. The predicted octanol–water partition coefficient (Wildman–Crippen LogP) is -3.00. The summed E-state index contributed by atoms with van der Waals surface area (Å²) in [6, 6.07) is -0.795. The van der Waals surface area contributed by atoms with E-state index >= 15 is 0 Å². The molecule has 5 aliphatic carbocycles. The quantitative estimate of drug-likeness (QED) is 0.0309. The number of amides is 2. The summed E-state index contributed by atoms with van der Waals surface area (Å²) in [6.07, 6.45) is 8.32. The highest BCUT2D eigenvalue weighted by Gasteiger charge is 2.77. The van der Waals surface area contributed by atoms with Crippen molar-refractivity contribution in [1.82, 2.24) is 20.2 Å². The zero-order valence-electron chi connectivity index (χ0n) is 38.5. The fourth-order valence-corrected chi connectivity index (χ4v) is 15.0. The lowest BCUT2D eigenvalue weighted by Crippen LogP contribution is -2.73. The molecule has 398 valence electrons. The van der Waals surface area contributed by atoms with Crippen LogP contribution in [0.2, 0.25) is 0 Å². The van der Waals surface area contributed by atoms with Crippen molar-refractivity contribution >= 4 is 47.3 Å². The lowest BCUT2D eigenvalue weighted by Gasteiger charge is -2.59. The van der Waals surface area contributed by atoms with Crippen LogP contribution in [0.1, 0.15) is 101 Å². The van der Waals surface area contributed by atoms with Crippen LogP contribution in [0.3, 0.4) is 0 Å². The maximum Gasteiger partial charge on any atom is 0.331 e. The second-order valence-electron chi connectivity index (χ2n) is 19.6. The first-order chi connectivity index (χ1) is 33.2. The van der Waals surface area contributed by atoms with Crippen molar-refractivity contribution in [2.75, 3.05) is 32.9 Å². The molecule has 5 saturated carbocycles. The van der Waals surface area contributed by atoms with E-state index in [-0.39, 0.29) is 86.7 Å². The minimum absolute atomic E-state index is 0.00632. The van der Waals surface area contributed by atoms with Crippen molar-refractivity contribution < 1.29 is 95.8 Å². The third-order valence-electron chi connectivity index (χ3n) is 15.4. The van der Waals surface area contributed by atoms with Crippen LogP contribution in [0.5, 0.6) is 0 Å². The number of nitrogens with zero attached hydrogens (tertiary/aromatic N) is 1. The number of rotatable bonds is 21. The van der Waals surface area contributed by atoms with E-state index in [0.717, 1.165) is 4.57 Å². The molecule has 10 N–H and O–H groups in total. The number of hydrogen-bond donors (Lipinski definition) is 6. The van der Waals surface area contributed by atoms with Crippen molar-refractivity contribution in [2.45, 2.75) is 131 Å². The molecule has 1 aromatic heterocycles. The van der Waals surface area contributed by atoms with Crippen LogP contribution in [-0.2, 0) is 50.7 Å². The number of fused-ring (bicyclic) bond motifs is 5. The molecule has 29 heteroatoms. The van der Waals surface area contributed by atoms with E-state index in [1.54, 1.807) is 0 Å². The van der Waals surface area contributed by atoms with Gasteiger partial charge in [0.1, 0.15) is 24.9 Å². The summed E-state index contributed by atoms with van der Waals surface area (Å²) in [7, 11) is -18.2. The highest BCUT2D eigenvalue weighted by molar-refractivity contribution is 7.64. The van der Waals surface area contributed by atoms with Gasteiger partial charge >= 0.3 is 11.7 Å². The Balaban J connectivity index is 0.767. The largest absolute Gasteiger partial charge is 0.790 e. The smallest absolute Gasteiger partial charge is 0.331 e. The number of hydrogen-bond acceptors (Lipinski definition) is 20. The third kappa shape index (κ3) is 12.6. The van der Waals surface area contributed by atoms with Crippen molar-refractivity contribution in [3.05, 3.63) is 50.3 Å². The third-order valence-corrected chi connectivity index (χ3v) is 19.1. The van der Waals surface area contributed by atoms with Crippen LogP contribution >= 0.6 is 23.5 Å². The predicted molar refractivity (Wildman–Crippen MR) is 237 cm³/mol. The number of unbranched alkanes of at least 4 members (excludes halogenated alkanes) is 2. The topological polar surface area (TPSA) is 426 Å². The van der Waals surface area contributed by atoms with E-state index in [1.807, 2.05) is 0 Å². The highest BCUT2D eigenvalue weighted by Crippen LogP contribution is 2.65. The molecule has 6 aliphatic rings. The lowest BCUT2D eigenvalue weighted by molar-refractivity contribution is -0.339. The van der Waals surface area contributed by atoms with Gasteiger partial charge in [-0.1, -0.05) is 18.6 Å². The summed E-state index contributed by atoms with van der Waals surface area (Å²) in [5, 5.41) is 59.0. The molecule has 5 fully saturated rings. The van der Waals surface area contributed by atoms with Crippen molar-refractivity contribution in [2.24, 2.45) is 29.6 Å². The standard InChI is InChI=1S/C42H63N4O22P3/c47-33-18-28(15-26(33)22-66-70(60,61)68-71(62,63)67-69(57,58)59)46-20-24(38(52)45-39(46)53)5-4-14-43-35(49)6-2-1-3-13-44-36(50)23-64-29-9-11-40(54)27(17-29)7-8-31-32(40)19-34(48)42(56)30(10-12-41(31,42)55)25-16-37(51)65-21-25/h4-5,16,20,26-34,47-48,54-56H,1-3,6-15,17-19,21-23H2,(H,43,49)(H,44,50)(H,60,61)(H,62,63)(H,45,52,53)(H2,57,58,59)/p-2/b5-4+/t26-,27-,28-,29+,30-,31-,32+,33?,34-,40-,41+,42-/m1/s1. The summed E-state index contributed by atoms with van der Waals surface area (Å²) >= 11 is 0. The minimum Gasteiger partial charge on any atom is -0.790 e. The van der Waals surface area contributed by atoms with E-state index in [9.17, 15) is 82.8 Å². The van der Waals surface area contributed by atoms with Crippen molar-refractivity contribution in [1.29, 1.82) is 0 Å². The van der Waals surface area contributed by atoms with Crippen LogP contribution in [0.4, 0.5) is 0 Å². The number of ether oxygens (including phenoxy) is 2. The van der Waals surface area contributed by atoms with Gasteiger partial charge in [0.2, 0.25) is 17.4 Å². The number of carbonyl (C=O) groups is 3. The normalized spacial score (nSPS) is 35.4. The highest BCUT2D eigenvalue weighted by atomic mass is 31.3. The van der Waals surface area contributed by atoms with Gasteiger partial charge in [-0.25, -0.2) is 13.9 Å². The Kier molecular flexibility index (Phi) is 17.1. The van der Waals surface area contributed by atoms with Gasteiger partial charge < -0.3 is 74.3 Å². The van der Waals surface area contributed by atoms with Gasteiger partial charge in [-0.05, 0) is 76.2 Å². The van der Waals surface area contributed by atoms with Crippen LogP contribution in [0.25, 0.3) is 6.08 Å². The number of aliphatic hydroxyl groups excluding tert-OH is 2. The molecular weight excluding hydrogens is 1010 g/mol. The monoisotopic (exact) mass is 1070 g/mol. The second-order valence-corrected chi connectivity index (χ2v) is 23.8. The SMILES string of the molecule is O=C(CCCCCNC(=O)CO[C@H]1CC[C@@]2([OH2+])[C@H](CC[C@@H]3[C@@H]2C[C@@H](O)[C@]2([OH2+])[C@@H](C4=CC(=O)OC4)CC[C@]32O)C1)NC/C=C/c1cn([C@H]2CC(O)[C@@H](COP(=O)([O-])OP(=O)([O-])OP(=O)([O-])[O-])C2)c(=O)[nH]c1=O. The fraction of sp³-hybridized carbons (Fsp3) is 0.738. The number of cyclic esters (lactones) is 1. The van der Waals surface area contributed by atoms with Gasteiger partial charge in [0.05, 0.1) is 38.1 Å². The first-order valence-corrected chi connectivity index (χ1v) is 28.0. The number of aliphatic hydroxyl groups is 3. The zero-order chi connectivity index (χ0) is 51.7. The van der Waals surface area contributed by atoms with Crippen molar-refractivity contribution in [3.63, 3.8) is 0 Å². The Morgan fingerprint density at radius 3 is 2.39 bits per heavy atom. The van der Waals surface area contributed by atoms with Gasteiger partial charge in [-0.2, -0.15) is 0 Å². The number of H-pyrrole nitrogens is 1. The second kappa shape index (κ2) is 21.9. The van der Waals surface area contributed by atoms with Gasteiger partial charge in [0, 0.05) is 67.9 Å². The molecule has 7 rings (SSSR count). The Morgan fingerprint density at radius 1 is 0.915 bits per heavy atom. The number of aromatic amines is 1. The summed E-state index contributed by atoms with van der Waals surface area (Å²) in [5.74, 6) is -3.25. The molecule has 14 atom stereocenters. The maximum absolute atomic E-state index is 12.7. The summed E-state index contributed by atoms with van der Waals surface area (Å²) in [5.41, 5.74) is -4.96. The Morgan fingerprint density at radius 2 is 1.68 bits per heavy atom. The Labute approximate surface area is 406 Å². The molecule has 71 heavy (non-hydrogen) atoms. The van der Waals surface area contributed by atoms with Gasteiger partial charge in [-0.15, -0.1) is 0 Å². The number of nitrogens with one attached hydrogen (secondary N) is 3. The van der Waals surface area contributed by atoms with Gasteiger partial charge in [0.25, 0.3) is 21.2 Å². The number of phosphoric acid groups is 3. The molecule has 2 heterocycles. The molecule has 0 aromatic carbocycles. The van der Waals surface area contributed by atoms with Crippen LogP contribution in [-0.4, -0.2) is 121 Å². The maximum atomic E-state index is 12.7. The molecule has 0 bridgehead atoms. The summed E-state index contributed by atoms with van der Waals surface area (Å²) < 4.78 is 57.2. The first-order valence-electron chi connectivity index (χ1n) is 23.6. The number of phosphoric ester groups is 1. The van der Waals surface area contributed by atoms with Crippen LogP contribution in [0, 0.1) is 29.6 Å². The van der Waals surface area contributed by atoms with Gasteiger partial charge in [-0.3, -0.25) is 37.4 Å². The van der Waals surface area contributed by atoms with Gasteiger partial charge in [0.15, 0.2) is 5.60 Å². The van der Waals surface area contributed by atoms with Crippen LogP contribution < -0.4 is 41.5 Å². The molecule has 0 spiro atoms. The van der Waals surface area contributed by atoms with Crippen molar-refractivity contribution in [3.8, 4) is 0 Å². The van der Waals surface area contributed by atoms with E-state index in [2.05, 4.69) is 28.8 Å². The molecular formula is C42H61N4O22P3-2. The average Bonchev–Trinajstić information content (AvgIpc) is 3.95. The average molecular weight is 1070 g/mol. The number of aromatic nitrogens is 2. The minimum atomic E-state index is -6.18. The van der Waals surface area contributed by atoms with E-state index in [0.29, 0.717) is 76.3 Å². The van der Waals surface area contributed by atoms with E-state index < -0.39 is 94.2 Å².